The van der Waals surface area contributed by atoms with Crippen LogP contribution >= 0.6 is 0 Å². The van der Waals surface area contributed by atoms with Gasteiger partial charge in [0.25, 0.3) is 0 Å². The van der Waals surface area contributed by atoms with E-state index in [1.165, 1.54) is 6.26 Å². The van der Waals surface area contributed by atoms with Crippen LogP contribution < -0.4 is 5.73 Å². The van der Waals surface area contributed by atoms with E-state index < -0.39 is 15.9 Å². The molecule has 0 radical (unpaired) electrons. The van der Waals surface area contributed by atoms with E-state index in [1.807, 2.05) is 6.92 Å². The molecule has 2 aromatic rings. The lowest BCUT2D eigenvalue weighted by Gasteiger charge is -2.04. The van der Waals surface area contributed by atoms with E-state index in [4.69, 9.17) is 14.7 Å². The predicted molar refractivity (Wildman–Crippen MR) is 68.0 cm³/mol. The topological polar surface area (TPSA) is 112 Å². The number of nitrogens with zero attached hydrogens (tertiary/aromatic N) is 2. The molecule has 19 heavy (non-hydrogen) atoms. The number of rotatable bonds is 5. The Hall–Kier alpha value is -1.67. The van der Waals surface area contributed by atoms with E-state index in [0.717, 1.165) is 11.8 Å². The molecule has 0 fully saturated rings. The van der Waals surface area contributed by atoms with Crippen LogP contribution in [0.1, 0.15) is 23.9 Å². The van der Waals surface area contributed by atoms with Crippen molar-refractivity contribution in [3.05, 3.63) is 23.8 Å². The molecule has 0 aliphatic heterocycles. The molecule has 104 valence electrons. The SMILES string of the molecule is Cc1ccoc1-c1noc(C(N)CCS(C)(=O)=O)n1. The minimum Gasteiger partial charge on any atom is -0.461 e. The van der Waals surface area contributed by atoms with E-state index in [2.05, 4.69) is 10.1 Å². The first-order valence-electron chi connectivity index (χ1n) is 5.68. The monoisotopic (exact) mass is 285 g/mol. The van der Waals surface area contributed by atoms with Crippen molar-refractivity contribution >= 4 is 9.84 Å². The highest BCUT2D eigenvalue weighted by molar-refractivity contribution is 7.90. The third-order valence-electron chi connectivity index (χ3n) is 2.62. The average Bonchev–Trinajstić information content (AvgIpc) is 2.93. The molecule has 0 aromatic carbocycles. The molecule has 0 amide bonds. The zero-order chi connectivity index (χ0) is 14.0. The van der Waals surface area contributed by atoms with Crippen LogP contribution in [0, 0.1) is 6.92 Å². The van der Waals surface area contributed by atoms with E-state index >= 15 is 0 Å². The van der Waals surface area contributed by atoms with E-state index in [0.29, 0.717) is 11.6 Å². The molecular weight excluding hydrogens is 270 g/mol. The maximum Gasteiger partial charge on any atom is 0.244 e. The Morgan fingerprint density at radius 3 is 2.79 bits per heavy atom. The second kappa shape index (κ2) is 5.14. The normalized spacial score (nSPS) is 13.6. The summed E-state index contributed by atoms with van der Waals surface area (Å²) in [4.78, 5) is 4.12. The van der Waals surface area contributed by atoms with Gasteiger partial charge in [-0.3, -0.25) is 0 Å². The van der Waals surface area contributed by atoms with Crippen LogP contribution in [0.3, 0.4) is 0 Å². The Kier molecular flexibility index (Phi) is 3.72. The Balaban J connectivity index is 2.11. The lowest BCUT2D eigenvalue weighted by atomic mass is 10.2. The van der Waals surface area contributed by atoms with Crippen LogP contribution in [0.15, 0.2) is 21.3 Å². The standard InChI is InChI=1S/C11H15N3O4S/c1-7-3-5-17-9(7)10-13-11(18-14-10)8(12)4-6-19(2,15)16/h3,5,8H,4,6,12H2,1-2H3. The minimum atomic E-state index is -3.06. The first-order chi connectivity index (χ1) is 8.87. The smallest absolute Gasteiger partial charge is 0.244 e. The highest BCUT2D eigenvalue weighted by Crippen LogP contribution is 2.23. The fourth-order valence-electron chi connectivity index (χ4n) is 1.54. The van der Waals surface area contributed by atoms with Crippen molar-refractivity contribution in [2.24, 2.45) is 5.73 Å². The first kappa shape index (κ1) is 13.8. The summed E-state index contributed by atoms with van der Waals surface area (Å²) < 4.78 is 32.4. The van der Waals surface area contributed by atoms with Crippen molar-refractivity contribution in [3.8, 4) is 11.6 Å². The van der Waals surface area contributed by atoms with Gasteiger partial charge in [0.05, 0.1) is 18.1 Å². The van der Waals surface area contributed by atoms with Crippen molar-refractivity contribution in [1.82, 2.24) is 10.1 Å². The summed E-state index contributed by atoms with van der Waals surface area (Å²) in [6.45, 7) is 1.86. The number of sulfone groups is 1. The van der Waals surface area contributed by atoms with Gasteiger partial charge in [-0.05, 0) is 25.0 Å². The number of hydrogen-bond donors (Lipinski definition) is 1. The molecule has 0 aliphatic rings. The van der Waals surface area contributed by atoms with Gasteiger partial charge in [0, 0.05) is 6.26 Å². The van der Waals surface area contributed by atoms with Crippen LogP contribution in [-0.2, 0) is 9.84 Å². The van der Waals surface area contributed by atoms with Crippen molar-refractivity contribution in [2.75, 3.05) is 12.0 Å². The molecule has 0 aliphatic carbocycles. The van der Waals surface area contributed by atoms with Crippen LogP contribution in [0.5, 0.6) is 0 Å². The van der Waals surface area contributed by atoms with Gasteiger partial charge in [0.15, 0.2) is 5.76 Å². The summed E-state index contributed by atoms with van der Waals surface area (Å²) in [5.74, 6) is 1.01. The van der Waals surface area contributed by atoms with Gasteiger partial charge in [-0.25, -0.2) is 8.42 Å². The lowest BCUT2D eigenvalue weighted by Crippen LogP contribution is -2.16. The summed E-state index contributed by atoms with van der Waals surface area (Å²) in [7, 11) is -3.06. The van der Waals surface area contributed by atoms with E-state index in [-0.39, 0.29) is 18.1 Å². The molecule has 0 saturated carbocycles. The van der Waals surface area contributed by atoms with Crippen LogP contribution in [0.2, 0.25) is 0 Å². The third-order valence-corrected chi connectivity index (χ3v) is 3.60. The summed E-state index contributed by atoms with van der Waals surface area (Å²) in [6, 6.07) is 1.18. The van der Waals surface area contributed by atoms with E-state index in [1.54, 1.807) is 6.07 Å². The highest BCUT2D eigenvalue weighted by atomic mass is 32.2. The molecule has 0 saturated heterocycles. The number of nitrogens with two attached hydrogens (primary N) is 1. The molecule has 2 heterocycles. The second-order valence-electron chi connectivity index (χ2n) is 4.41. The quantitative estimate of drug-likeness (QED) is 0.874. The fraction of sp³-hybridized carbons (Fsp3) is 0.455. The number of aromatic nitrogens is 2. The highest BCUT2D eigenvalue weighted by Gasteiger charge is 2.19. The van der Waals surface area contributed by atoms with Crippen molar-refractivity contribution in [3.63, 3.8) is 0 Å². The van der Waals surface area contributed by atoms with Crippen molar-refractivity contribution in [2.45, 2.75) is 19.4 Å². The average molecular weight is 285 g/mol. The molecule has 7 nitrogen and oxygen atoms in total. The molecule has 1 atom stereocenters. The van der Waals surface area contributed by atoms with Gasteiger partial charge >= 0.3 is 0 Å². The maximum absolute atomic E-state index is 11.1. The predicted octanol–water partition coefficient (Wildman–Crippen LogP) is 1.07. The number of aryl methyl sites for hydroxylation is 1. The van der Waals surface area contributed by atoms with Crippen LogP contribution in [0.4, 0.5) is 0 Å². The summed E-state index contributed by atoms with van der Waals surface area (Å²) in [5.41, 5.74) is 6.70. The lowest BCUT2D eigenvalue weighted by molar-refractivity contribution is 0.351. The van der Waals surface area contributed by atoms with Gasteiger partial charge < -0.3 is 14.7 Å². The van der Waals surface area contributed by atoms with Crippen LogP contribution in [0.25, 0.3) is 11.6 Å². The zero-order valence-corrected chi connectivity index (χ0v) is 11.5. The number of furan rings is 1. The number of hydrogen-bond acceptors (Lipinski definition) is 7. The molecule has 8 heteroatoms. The molecule has 2 aromatic heterocycles. The maximum atomic E-state index is 11.1. The Bertz CT molecular complexity index is 659. The Morgan fingerprint density at radius 2 is 2.21 bits per heavy atom. The Labute approximate surface area is 110 Å². The summed E-state index contributed by atoms with van der Waals surface area (Å²) in [6.07, 6.45) is 2.92. The molecule has 1 unspecified atom stereocenters. The van der Waals surface area contributed by atoms with Gasteiger partial charge in [-0.15, -0.1) is 0 Å². The van der Waals surface area contributed by atoms with Crippen LogP contribution in [-0.4, -0.2) is 30.6 Å². The molecule has 0 bridgehead atoms. The second-order valence-corrected chi connectivity index (χ2v) is 6.67. The third kappa shape index (κ3) is 3.42. The van der Waals surface area contributed by atoms with Gasteiger partial charge in [0.2, 0.25) is 11.7 Å². The van der Waals surface area contributed by atoms with E-state index in [9.17, 15) is 8.42 Å². The molecular formula is C11H15N3O4S. The largest absolute Gasteiger partial charge is 0.461 e. The van der Waals surface area contributed by atoms with Gasteiger partial charge in [-0.2, -0.15) is 4.98 Å². The molecule has 0 spiro atoms. The van der Waals surface area contributed by atoms with Gasteiger partial charge in [0.1, 0.15) is 9.84 Å². The minimum absolute atomic E-state index is 0.0222. The van der Waals surface area contributed by atoms with Crippen molar-refractivity contribution in [1.29, 1.82) is 0 Å². The molecule has 2 rings (SSSR count). The zero-order valence-electron chi connectivity index (χ0n) is 10.7. The van der Waals surface area contributed by atoms with Gasteiger partial charge in [-0.1, -0.05) is 5.16 Å². The summed E-state index contributed by atoms with van der Waals surface area (Å²) in [5, 5.41) is 3.78. The Morgan fingerprint density at radius 1 is 1.47 bits per heavy atom. The summed E-state index contributed by atoms with van der Waals surface area (Å²) >= 11 is 0. The molecule has 2 N–H and O–H groups in total. The van der Waals surface area contributed by atoms with Crippen molar-refractivity contribution < 1.29 is 17.4 Å². The fourth-order valence-corrected chi connectivity index (χ4v) is 2.23. The first-order valence-corrected chi connectivity index (χ1v) is 7.74.